The normalized spacial score (nSPS) is 34.7. The SMILES string of the molecule is CN(C)CC1(C)CCN1. The van der Waals surface area contributed by atoms with Crippen molar-refractivity contribution in [1.29, 1.82) is 0 Å². The van der Waals surface area contributed by atoms with E-state index in [2.05, 4.69) is 31.2 Å². The van der Waals surface area contributed by atoms with E-state index in [1.165, 1.54) is 13.0 Å². The van der Waals surface area contributed by atoms with Gasteiger partial charge in [-0.2, -0.15) is 0 Å². The molecule has 9 heavy (non-hydrogen) atoms. The van der Waals surface area contributed by atoms with Crippen molar-refractivity contribution in [2.24, 2.45) is 0 Å². The number of nitrogens with one attached hydrogen (secondary N) is 1. The average molecular weight is 128 g/mol. The van der Waals surface area contributed by atoms with Crippen molar-refractivity contribution in [3.05, 3.63) is 0 Å². The molecule has 1 saturated heterocycles. The van der Waals surface area contributed by atoms with Crippen molar-refractivity contribution in [3.63, 3.8) is 0 Å². The predicted octanol–water partition coefficient (Wildman–Crippen LogP) is 0.300. The lowest BCUT2D eigenvalue weighted by Crippen LogP contribution is -2.59. The summed E-state index contributed by atoms with van der Waals surface area (Å²) in [7, 11) is 4.23. The molecule has 0 bridgehead atoms. The van der Waals surface area contributed by atoms with Crippen LogP contribution in [0.5, 0.6) is 0 Å². The lowest BCUT2D eigenvalue weighted by atomic mass is 9.90. The van der Waals surface area contributed by atoms with Crippen molar-refractivity contribution in [3.8, 4) is 0 Å². The van der Waals surface area contributed by atoms with Crippen LogP contribution < -0.4 is 5.32 Å². The molecule has 1 atom stereocenters. The van der Waals surface area contributed by atoms with Crippen LogP contribution in [0.3, 0.4) is 0 Å². The molecule has 0 spiro atoms. The lowest BCUT2D eigenvalue weighted by molar-refractivity contribution is 0.172. The van der Waals surface area contributed by atoms with Gasteiger partial charge < -0.3 is 10.2 Å². The van der Waals surface area contributed by atoms with Crippen LogP contribution in [0.25, 0.3) is 0 Å². The van der Waals surface area contributed by atoms with Crippen LogP contribution in [0.1, 0.15) is 13.3 Å². The third kappa shape index (κ3) is 1.66. The molecule has 2 heteroatoms. The maximum absolute atomic E-state index is 3.41. The molecule has 1 aliphatic rings. The monoisotopic (exact) mass is 128 g/mol. The predicted molar refractivity (Wildman–Crippen MR) is 39.6 cm³/mol. The molecule has 0 radical (unpaired) electrons. The van der Waals surface area contributed by atoms with Crippen LogP contribution in [-0.4, -0.2) is 37.6 Å². The summed E-state index contributed by atoms with van der Waals surface area (Å²) in [6.45, 7) is 4.63. The standard InChI is InChI=1S/C7H16N2/c1-7(4-5-8-7)6-9(2)3/h8H,4-6H2,1-3H3. The Morgan fingerprint density at radius 2 is 2.11 bits per heavy atom. The van der Waals surface area contributed by atoms with Crippen LogP contribution >= 0.6 is 0 Å². The Hall–Kier alpha value is -0.0800. The molecule has 0 saturated carbocycles. The molecule has 0 aromatic heterocycles. The van der Waals surface area contributed by atoms with Crippen LogP contribution in [0, 0.1) is 0 Å². The fraction of sp³-hybridized carbons (Fsp3) is 1.00. The minimum Gasteiger partial charge on any atom is -0.310 e. The first-order valence-electron chi connectivity index (χ1n) is 3.52. The molecular formula is C7H16N2. The van der Waals surface area contributed by atoms with E-state index in [9.17, 15) is 0 Å². The van der Waals surface area contributed by atoms with Crippen LogP contribution in [0.2, 0.25) is 0 Å². The molecule has 0 aromatic carbocycles. The number of rotatable bonds is 2. The molecule has 1 heterocycles. The molecule has 0 amide bonds. The molecule has 1 unspecified atom stereocenters. The van der Waals surface area contributed by atoms with Crippen molar-refractivity contribution in [2.75, 3.05) is 27.2 Å². The molecule has 0 aromatic rings. The Bertz CT molecular complexity index is 95.1. The Balaban J connectivity index is 2.24. The summed E-state index contributed by atoms with van der Waals surface area (Å²) in [4.78, 5) is 2.23. The highest BCUT2D eigenvalue weighted by molar-refractivity contribution is 4.93. The second-order valence-corrected chi connectivity index (χ2v) is 3.48. The van der Waals surface area contributed by atoms with Gasteiger partial charge in [-0.15, -0.1) is 0 Å². The molecule has 1 aliphatic heterocycles. The van der Waals surface area contributed by atoms with E-state index in [0.717, 1.165) is 6.54 Å². The fourth-order valence-electron chi connectivity index (χ4n) is 1.38. The number of nitrogens with zero attached hydrogens (tertiary/aromatic N) is 1. The Morgan fingerprint density at radius 1 is 1.56 bits per heavy atom. The van der Waals surface area contributed by atoms with E-state index < -0.39 is 0 Å². The summed E-state index contributed by atoms with van der Waals surface area (Å²) < 4.78 is 0. The summed E-state index contributed by atoms with van der Waals surface area (Å²) in [5.74, 6) is 0. The summed E-state index contributed by atoms with van der Waals surface area (Å²) in [6, 6.07) is 0. The van der Waals surface area contributed by atoms with Gasteiger partial charge in [-0.1, -0.05) is 0 Å². The van der Waals surface area contributed by atoms with Crippen LogP contribution in [0.4, 0.5) is 0 Å². The minimum atomic E-state index is 0.420. The maximum Gasteiger partial charge on any atom is 0.0292 e. The van der Waals surface area contributed by atoms with E-state index in [-0.39, 0.29) is 0 Å². The van der Waals surface area contributed by atoms with Crippen molar-refractivity contribution in [2.45, 2.75) is 18.9 Å². The second kappa shape index (κ2) is 2.27. The first kappa shape index (κ1) is 7.03. The van der Waals surface area contributed by atoms with E-state index >= 15 is 0 Å². The minimum absolute atomic E-state index is 0.420. The number of likely N-dealkylation sites (N-methyl/N-ethyl adjacent to an activating group) is 1. The first-order chi connectivity index (χ1) is 4.12. The second-order valence-electron chi connectivity index (χ2n) is 3.48. The summed E-state index contributed by atoms with van der Waals surface area (Å²) in [6.07, 6.45) is 1.32. The molecule has 0 aliphatic carbocycles. The molecule has 2 nitrogen and oxygen atoms in total. The van der Waals surface area contributed by atoms with Gasteiger partial charge in [-0.05, 0) is 34.0 Å². The molecule has 1 N–H and O–H groups in total. The van der Waals surface area contributed by atoms with Crippen molar-refractivity contribution < 1.29 is 0 Å². The molecule has 54 valence electrons. The van der Waals surface area contributed by atoms with Gasteiger partial charge in [0.25, 0.3) is 0 Å². The topological polar surface area (TPSA) is 15.3 Å². The summed E-state index contributed by atoms with van der Waals surface area (Å²) in [5.41, 5.74) is 0.420. The maximum atomic E-state index is 3.41. The average Bonchev–Trinajstić information content (AvgIpc) is 1.60. The fourth-order valence-corrected chi connectivity index (χ4v) is 1.38. The van der Waals surface area contributed by atoms with Crippen molar-refractivity contribution >= 4 is 0 Å². The highest BCUT2D eigenvalue weighted by Gasteiger charge is 2.30. The summed E-state index contributed by atoms with van der Waals surface area (Å²) >= 11 is 0. The van der Waals surface area contributed by atoms with Crippen molar-refractivity contribution in [1.82, 2.24) is 10.2 Å². The number of hydrogen-bond donors (Lipinski definition) is 1. The zero-order valence-corrected chi connectivity index (χ0v) is 6.57. The van der Waals surface area contributed by atoms with Gasteiger partial charge >= 0.3 is 0 Å². The van der Waals surface area contributed by atoms with Gasteiger partial charge in [0.1, 0.15) is 0 Å². The first-order valence-corrected chi connectivity index (χ1v) is 3.52. The highest BCUT2D eigenvalue weighted by Crippen LogP contribution is 2.17. The Kier molecular flexibility index (Phi) is 1.78. The van der Waals surface area contributed by atoms with Gasteiger partial charge in [0.05, 0.1) is 0 Å². The lowest BCUT2D eigenvalue weighted by Gasteiger charge is -2.41. The Labute approximate surface area is 57.2 Å². The largest absolute Gasteiger partial charge is 0.310 e. The third-order valence-electron chi connectivity index (χ3n) is 1.89. The van der Waals surface area contributed by atoms with E-state index in [0.29, 0.717) is 5.54 Å². The van der Waals surface area contributed by atoms with Gasteiger partial charge in [-0.3, -0.25) is 0 Å². The van der Waals surface area contributed by atoms with Gasteiger partial charge in [0.2, 0.25) is 0 Å². The zero-order chi connectivity index (χ0) is 6.91. The summed E-state index contributed by atoms with van der Waals surface area (Å²) in [5, 5.41) is 3.41. The smallest absolute Gasteiger partial charge is 0.0292 e. The Morgan fingerprint density at radius 3 is 2.22 bits per heavy atom. The zero-order valence-electron chi connectivity index (χ0n) is 6.57. The highest BCUT2D eigenvalue weighted by atomic mass is 15.1. The van der Waals surface area contributed by atoms with Gasteiger partial charge in [0, 0.05) is 12.1 Å². The van der Waals surface area contributed by atoms with Crippen LogP contribution in [0.15, 0.2) is 0 Å². The molecular weight excluding hydrogens is 112 g/mol. The molecule has 1 fully saturated rings. The quantitative estimate of drug-likeness (QED) is 0.575. The van der Waals surface area contributed by atoms with E-state index in [1.807, 2.05) is 0 Å². The van der Waals surface area contributed by atoms with E-state index in [4.69, 9.17) is 0 Å². The van der Waals surface area contributed by atoms with Gasteiger partial charge in [0.15, 0.2) is 0 Å². The van der Waals surface area contributed by atoms with Crippen LogP contribution in [-0.2, 0) is 0 Å². The molecule has 1 rings (SSSR count). The number of hydrogen-bond acceptors (Lipinski definition) is 2. The third-order valence-corrected chi connectivity index (χ3v) is 1.89. The van der Waals surface area contributed by atoms with E-state index in [1.54, 1.807) is 0 Å². The van der Waals surface area contributed by atoms with Gasteiger partial charge in [-0.25, -0.2) is 0 Å².